The maximum atomic E-state index is 12.1. The van der Waals surface area contributed by atoms with Crippen molar-refractivity contribution in [1.29, 1.82) is 0 Å². The highest BCUT2D eigenvalue weighted by Crippen LogP contribution is 2.24. The minimum atomic E-state index is -0.135. The number of hydrogen-bond acceptors (Lipinski definition) is 4. The number of aromatic nitrogens is 1. The van der Waals surface area contributed by atoms with Gasteiger partial charge in [-0.25, -0.2) is 4.98 Å². The highest BCUT2D eigenvalue weighted by atomic mass is 16.5. The Balaban J connectivity index is 1.71. The Morgan fingerprint density at radius 3 is 2.50 bits per heavy atom. The lowest BCUT2D eigenvalue weighted by Crippen LogP contribution is -2.23. The van der Waals surface area contributed by atoms with Gasteiger partial charge in [-0.15, -0.1) is 0 Å². The summed E-state index contributed by atoms with van der Waals surface area (Å²) in [6.45, 7) is 2.16. The second-order valence-electron chi connectivity index (χ2n) is 5.30. The first-order valence-electron chi connectivity index (χ1n) is 7.61. The largest absolute Gasteiger partial charge is 0.497 e. The van der Waals surface area contributed by atoms with Crippen LogP contribution in [-0.2, 0) is 6.54 Å². The summed E-state index contributed by atoms with van der Waals surface area (Å²) in [5.41, 5.74) is 2.19. The van der Waals surface area contributed by atoms with Crippen LogP contribution in [0, 0.1) is 6.92 Å². The fraction of sp³-hybridized carbons (Fsp3) is 0.158. The molecule has 0 aliphatic rings. The average Bonchev–Trinajstić information content (AvgIpc) is 3.01. The summed E-state index contributed by atoms with van der Waals surface area (Å²) in [4.78, 5) is 16.6. The van der Waals surface area contributed by atoms with Crippen LogP contribution in [0.2, 0.25) is 0 Å². The van der Waals surface area contributed by atoms with E-state index >= 15 is 0 Å². The van der Waals surface area contributed by atoms with Gasteiger partial charge in [0.05, 0.1) is 13.7 Å². The van der Waals surface area contributed by atoms with Crippen molar-refractivity contribution in [3.8, 4) is 17.2 Å². The van der Waals surface area contributed by atoms with E-state index in [1.165, 1.54) is 0 Å². The first-order chi connectivity index (χ1) is 11.7. The number of rotatable bonds is 5. The normalized spacial score (nSPS) is 10.4. The maximum Gasteiger partial charge on any atom is 0.251 e. The standard InChI is InChI=1S/C19H18N2O3/c1-13-17(12-20-18(22)14-6-4-3-5-7-14)21-19(24-13)15-8-10-16(23-2)11-9-15/h3-11H,12H2,1-2H3,(H,20,22). The molecule has 0 bridgehead atoms. The molecular weight excluding hydrogens is 304 g/mol. The molecule has 0 aliphatic heterocycles. The van der Waals surface area contributed by atoms with E-state index in [4.69, 9.17) is 9.15 Å². The van der Waals surface area contributed by atoms with Crippen LogP contribution in [0.25, 0.3) is 11.5 Å². The molecule has 24 heavy (non-hydrogen) atoms. The summed E-state index contributed by atoms with van der Waals surface area (Å²) in [5.74, 6) is 1.86. The quantitative estimate of drug-likeness (QED) is 0.779. The number of nitrogens with one attached hydrogen (secondary N) is 1. The van der Waals surface area contributed by atoms with Crippen LogP contribution in [0.3, 0.4) is 0 Å². The highest BCUT2D eigenvalue weighted by Gasteiger charge is 2.13. The van der Waals surface area contributed by atoms with E-state index < -0.39 is 0 Å². The molecule has 3 rings (SSSR count). The summed E-state index contributed by atoms with van der Waals surface area (Å²) in [6.07, 6.45) is 0. The van der Waals surface area contributed by atoms with E-state index in [0.717, 1.165) is 11.3 Å². The maximum absolute atomic E-state index is 12.1. The second-order valence-corrected chi connectivity index (χ2v) is 5.30. The lowest BCUT2D eigenvalue weighted by Gasteiger charge is -2.03. The fourth-order valence-electron chi connectivity index (χ4n) is 2.30. The van der Waals surface area contributed by atoms with Gasteiger partial charge in [0.25, 0.3) is 5.91 Å². The minimum Gasteiger partial charge on any atom is -0.497 e. The molecule has 2 aromatic carbocycles. The molecule has 0 saturated heterocycles. The van der Waals surface area contributed by atoms with Crippen molar-refractivity contribution < 1.29 is 13.9 Å². The molecule has 0 fully saturated rings. The van der Waals surface area contributed by atoms with E-state index in [2.05, 4.69) is 10.3 Å². The minimum absolute atomic E-state index is 0.135. The number of ether oxygens (including phenoxy) is 1. The molecule has 0 unspecified atom stereocenters. The number of oxazole rings is 1. The Labute approximate surface area is 140 Å². The third-order valence-corrected chi connectivity index (χ3v) is 3.68. The Hall–Kier alpha value is -3.08. The summed E-state index contributed by atoms with van der Waals surface area (Å²) in [5, 5.41) is 2.86. The van der Waals surface area contributed by atoms with Crippen LogP contribution >= 0.6 is 0 Å². The van der Waals surface area contributed by atoms with Crippen molar-refractivity contribution in [3.63, 3.8) is 0 Å². The molecule has 0 aliphatic carbocycles. The van der Waals surface area contributed by atoms with E-state index in [0.29, 0.717) is 29.5 Å². The molecule has 0 atom stereocenters. The van der Waals surface area contributed by atoms with Gasteiger partial charge in [0.15, 0.2) is 0 Å². The third-order valence-electron chi connectivity index (χ3n) is 3.68. The number of carbonyl (C=O) groups is 1. The highest BCUT2D eigenvalue weighted by molar-refractivity contribution is 5.94. The van der Waals surface area contributed by atoms with E-state index in [9.17, 15) is 4.79 Å². The number of hydrogen-bond donors (Lipinski definition) is 1. The van der Waals surface area contributed by atoms with Gasteiger partial charge in [0.1, 0.15) is 17.2 Å². The first kappa shape index (κ1) is 15.8. The van der Waals surface area contributed by atoms with Crippen LogP contribution in [0.1, 0.15) is 21.8 Å². The Kier molecular flexibility index (Phi) is 4.61. The van der Waals surface area contributed by atoms with Crippen LogP contribution < -0.4 is 10.1 Å². The first-order valence-corrected chi connectivity index (χ1v) is 7.61. The zero-order chi connectivity index (χ0) is 16.9. The molecule has 0 spiro atoms. The topological polar surface area (TPSA) is 64.4 Å². The zero-order valence-corrected chi connectivity index (χ0v) is 13.6. The monoisotopic (exact) mass is 322 g/mol. The Morgan fingerprint density at radius 2 is 1.83 bits per heavy atom. The predicted octanol–water partition coefficient (Wildman–Crippen LogP) is 3.59. The molecule has 1 aromatic heterocycles. The van der Waals surface area contributed by atoms with Gasteiger partial charge in [-0.2, -0.15) is 0 Å². The summed E-state index contributed by atoms with van der Waals surface area (Å²) in [7, 11) is 1.62. The third kappa shape index (κ3) is 3.46. The van der Waals surface area contributed by atoms with Crippen LogP contribution in [0.5, 0.6) is 5.75 Å². The smallest absolute Gasteiger partial charge is 0.251 e. The van der Waals surface area contributed by atoms with Crippen molar-refractivity contribution >= 4 is 5.91 Å². The lowest BCUT2D eigenvalue weighted by atomic mass is 10.2. The molecule has 5 nitrogen and oxygen atoms in total. The SMILES string of the molecule is COc1ccc(-c2nc(CNC(=O)c3ccccc3)c(C)o2)cc1. The van der Waals surface area contributed by atoms with Crippen LogP contribution in [0.4, 0.5) is 0 Å². The van der Waals surface area contributed by atoms with Crippen molar-refractivity contribution in [3.05, 3.63) is 71.6 Å². The Bertz CT molecular complexity index is 824. The molecule has 1 N–H and O–H groups in total. The number of carbonyl (C=O) groups excluding carboxylic acids is 1. The van der Waals surface area contributed by atoms with Gasteiger partial charge >= 0.3 is 0 Å². The van der Waals surface area contributed by atoms with E-state index in [-0.39, 0.29) is 5.91 Å². The molecular formula is C19H18N2O3. The van der Waals surface area contributed by atoms with Gasteiger partial charge in [-0.1, -0.05) is 18.2 Å². The van der Waals surface area contributed by atoms with Crippen molar-refractivity contribution in [1.82, 2.24) is 10.3 Å². The Morgan fingerprint density at radius 1 is 1.12 bits per heavy atom. The molecule has 0 radical (unpaired) electrons. The van der Waals surface area contributed by atoms with Gasteiger partial charge in [-0.05, 0) is 43.3 Å². The number of methoxy groups -OCH3 is 1. The molecule has 5 heteroatoms. The fourth-order valence-corrected chi connectivity index (χ4v) is 2.30. The summed E-state index contributed by atoms with van der Waals surface area (Å²) in [6, 6.07) is 16.6. The van der Waals surface area contributed by atoms with E-state index in [1.54, 1.807) is 19.2 Å². The molecule has 1 heterocycles. The van der Waals surface area contributed by atoms with Gasteiger partial charge in [0.2, 0.25) is 5.89 Å². The second kappa shape index (κ2) is 7.00. The summed E-state index contributed by atoms with van der Waals surface area (Å²) >= 11 is 0. The van der Waals surface area contributed by atoms with Crippen LogP contribution in [-0.4, -0.2) is 18.0 Å². The number of benzene rings is 2. The van der Waals surface area contributed by atoms with Crippen molar-refractivity contribution in [2.75, 3.05) is 7.11 Å². The lowest BCUT2D eigenvalue weighted by molar-refractivity contribution is 0.0950. The summed E-state index contributed by atoms with van der Waals surface area (Å²) < 4.78 is 10.9. The van der Waals surface area contributed by atoms with Crippen molar-refractivity contribution in [2.24, 2.45) is 0 Å². The molecule has 0 saturated carbocycles. The number of amides is 1. The van der Waals surface area contributed by atoms with Gasteiger partial charge in [0, 0.05) is 11.1 Å². The van der Waals surface area contributed by atoms with Crippen molar-refractivity contribution in [2.45, 2.75) is 13.5 Å². The number of nitrogens with zero attached hydrogens (tertiary/aromatic N) is 1. The molecule has 1 amide bonds. The van der Waals surface area contributed by atoms with Gasteiger partial charge < -0.3 is 14.5 Å². The zero-order valence-electron chi connectivity index (χ0n) is 13.6. The van der Waals surface area contributed by atoms with Gasteiger partial charge in [-0.3, -0.25) is 4.79 Å². The average molecular weight is 322 g/mol. The van der Waals surface area contributed by atoms with Crippen LogP contribution in [0.15, 0.2) is 59.0 Å². The van der Waals surface area contributed by atoms with E-state index in [1.807, 2.05) is 49.4 Å². The molecule has 122 valence electrons. The molecule has 3 aromatic rings. The number of aryl methyl sites for hydroxylation is 1. The predicted molar refractivity (Wildman–Crippen MR) is 90.8 cm³/mol.